The van der Waals surface area contributed by atoms with Crippen molar-refractivity contribution in [2.45, 2.75) is 89.9 Å². The monoisotopic (exact) mass is 1050 g/mol. The van der Waals surface area contributed by atoms with E-state index in [2.05, 4.69) is 32.2 Å². The molecule has 6 aromatic rings. The van der Waals surface area contributed by atoms with Crippen LogP contribution < -0.4 is 18.9 Å². The zero-order valence-electron chi connectivity index (χ0n) is 42.7. The molecule has 17 heteroatoms. The number of aromatic nitrogens is 2. The number of nitrogens with zero attached hydrogens (tertiary/aromatic N) is 4. The first kappa shape index (κ1) is 55.6. The van der Waals surface area contributed by atoms with Gasteiger partial charge in [-0.3, -0.25) is 4.79 Å². The van der Waals surface area contributed by atoms with Gasteiger partial charge in [0.2, 0.25) is 0 Å². The molecule has 0 spiro atoms. The number of ether oxygens (including phenoxy) is 4. The molecule has 0 saturated carbocycles. The zero-order valence-corrected chi connectivity index (χ0v) is 44.2. The molecule has 2 saturated heterocycles. The van der Waals surface area contributed by atoms with Gasteiger partial charge in [-0.25, -0.2) is 9.59 Å². The lowest BCUT2D eigenvalue weighted by Gasteiger charge is -2.31. The Morgan fingerprint density at radius 3 is 1.39 bits per heavy atom. The molecule has 15 nitrogen and oxygen atoms in total. The van der Waals surface area contributed by atoms with Crippen LogP contribution in [0.5, 0.6) is 23.0 Å². The van der Waals surface area contributed by atoms with E-state index in [1.807, 2.05) is 74.5 Å². The third-order valence-corrected chi connectivity index (χ3v) is 14.5. The predicted octanol–water partition coefficient (Wildman–Crippen LogP) is 11.7. The van der Waals surface area contributed by atoms with Crippen molar-refractivity contribution in [3.63, 3.8) is 0 Å². The number of carboxylic acids is 2. The second kappa shape index (κ2) is 27.4. The van der Waals surface area contributed by atoms with Crippen LogP contribution in [0, 0.1) is 11.8 Å². The Kier molecular flexibility index (Phi) is 20.6. The maximum absolute atomic E-state index is 13.6. The van der Waals surface area contributed by atoms with E-state index in [0.717, 1.165) is 147 Å². The van der Waals surface area contributed by atoms with Crippen LogP contribution in [0.25, 0.3) is 21.9 Å². The maximum atomic E-state index is 13.6. The third kappa shape index (κ3) is 15.7. The van der Waals surface area contributed by atoms with Crippen LogP contribution in [0.3, 0.4) is 0 Å². The number of unbranched alkanes of at least 4 members (excludes halogenated alkanes) is 2. The average Bonchev–Trinajstić information content (AvgIpc) is 4.02. The van der Waals surface area contributed by atoms with E-state index in [-0.39, 0.29) is 17.6 Å². The van der Waals surface area contributed by atoms with E-state index in [0.29, 0.717) is 71.6 Å². The summed E-state index contributed by atoms with van der Waals surface area (Å²) in [5.74, 6) is 1.08. The summed E-state index contributed by atoms with van der Waals surface area (Å²) in [6.45, 7) is 11.5. The number of fused-ring (bicyclic) bond motifs is 2. The van der Waals surface area contributed by atoms with E-state index < -0.39 is 11.9 Å². The number of likely N-dealkylation sites (tertiary alicyclic amines) is 2. The van der Waals surface area contributed by atoms with Crippen molar-refractivity contribution in [1.82, 2.24) is 20.1 Å². The molecule has 2 aliphatic rings. The van der Waals surface area contributed by atoms with Crippen LogP contribution in [0.1, 0.15) is 99.6 Å². The van der Waals surface area contributed by atoms with Gasteiger partial charge in [-0.15, -0.1) is 0 Å². The number of benzene rings is 4. The van der Waals surface area contributed by atoms with Gasteiger partial charge < -0.3 is 48.0 Å². The summed E-state index contributed by atoms with van der Waals surface area (Å²) >= 11 is 12.3. The molecule has 0 amide bonds. The Balaban J connectivity index is 0.000000923. The van der Waals surface area contributed by atoms with Crippen LogP contribution >= 0.6 is 23.2 Å². The minimum absolute atomic E-state index is 0.152. The predicted molar refractivity (Wildman–Crippen MR) is 285 cm³/mol. The molecule has 2 aromatic heterocycles. The molecule has 0 bridgehead atoms. The van der Waals surface area contributed by atoms with E-state index in [1.54, 1.807) is 14.2 Å². The highest BCUT2D eigenvalue weighted by molar-refractivity contribution is 6.31. The van der Waals surface area contributed by atoms with Crippen molar-refractivity contribution in [3.8, 4) is 23.0 Å². The molecule has 2 aliphatic heterocycles. The molecule has 8 rings (SSSR count). The lowest BCUT2D eigenvalue weighted by Crippen LogP contribution is -2.34. The van der Waals surface area contributed by atoms with Gasteiger partial charge in [-0.2, -0.15) is 0 Å². The van der Waals surface area contributed by atoms with Crippen molar-refractivity contribution in [1.29, 1.82) is 0 Å². The SMILES string of the molecule is COc1cc(CC(C)C(=O)C(C)Cc2ccc(OCCCCN3CCC(c4noc5cc(Cl)ccc45)CC3)c(OC)c2)ccc1OCCCCN1CCC(c2noc3cc(Cl)ccc23)CC1.O=C(O)/C=C/C(=O)O. The number of Topliss-reactive ketones (excluding diaryl/α,β-unsaturated/α-hetero) is 1. The van der Waals surface area contributed by atoms with Gasteiger partial charge >= 0.3 is 11.9 Å². The highest BCUT2D eigenvalue weighted by atomic mass is 35.5. The standard InChI is InChI=1S/C53H64Cl2N4O7.C4H4O4/c1-35(29-37-9-15-45(49(31-37)61-3)63-27-7-5-21-58-23-17-39(18-24-58)51-43-13-11-41(54)33-47(43)65-56-51)53(60)36(2)30-38-10-16-46(50(32-38)62-4)64-28-8-6-22-59-25-19-40(20-26-59)52-44-14-12-42(55)34-48(44)66-57-52;5-3(6)1-2-4(7)8/h9-16,31-36,39-40H,5-8,17-30H2,1-4H3;1-2H,(H,5,6)(H,7,8)/b;2-1+. The molecular formula is C57H68Cl2N4O11. The fraction of sp³-hybridized carbons (Fsp3) is 0.456. The van der Waals surface area contributed by atoms with Gasteiger partial charge in [-0.05, 0) is 163 Å². The number of carbonyl (C=O) groups excluding carboxylic acids is 1. The number of halogens is 2. The summed E-state index contributed by atoms with van der Waals surface area (Å²) < 4.78 is 35.0. The summed E-state index contributed by atoms with van der Waals surface area (Å²) in [5, 5.41) is 27.9. The summed E-state index contributed by atoms with van der Waals surface area (Å²) in [6.07, 6.45) is 10.7. The van der Waals surface area contributed by atoms with Gasteiger partial charge in [0.15, 0.2) is 34.2 Å². The summed E-state index contributed by atoms with van der Waals surface area (Å²) in [7, 11) is 3.33. The Morgan fingerprint density at radius 2 is 1.01 bits per heavy atom. The fourth-order valence-electron chi connectivity index (χ4n) is 10.0. The minimum atomic E-state index is -1.26. The van der Waals surface area contributed by atoms with E-state index in [1.165, 1.54) is 0 Å². The first-order valence-corrected chi connectivity index (χ1v) is 26.4. The number of ketones is 1. The van der Waals surface area contributed by atoms with Crippen molar-refractivity contribution in [2.75, 3.05) is 66.7 Å². The maximum Gasteiger partial charge on any atom is 0.328 e. The van der Waals surface area contributed by atoms with Crippen LogP contribution in [0.2, 0.25) is 10.0 Å². The van der Waals surface area contributed by atoms with Crippen molar-refractivity contribution < 1.29 is 52.6 Å². The molecule has 2 N–H and O–H groups in total. The molecular weight excluding hydrogens is 988 g/mol. The first-order chi connectivity index (χ1) is 35.8. The lowest BCUT2D eigenvalue weighted by atomic mass is 9.87. The minimum Gasteiger partial charge on any atom is -0.493 e. The molecule has 2 fully saturated rings. The Morgan fingerprint density at radius 1 is 0.608 bits per heavy atom. The molecule has 4 aromatic carbocycles. The topological polar surface area (TPSA) is 187 Å². The summed E-state index contributed by atoms with van der Waals surface area (Å²) in [4.78, 5) is 37.8. The Labute approximate surface area is 442 Å². The van der Waals surface area contributed by atoms with Crippen molar-refractivity contribution >= 4 is 62.9 Å². The smallest absolute Gasteiger partial charge is 0.328 e. The van der Waals surface area contributed by atoms with Gasteiger partial charge in [0, 0.05) is 68.8 Å². The van der Waals surface area contributed by atoms with Crippen LogP contribution in [-0.2, 0) is 27.2 Å². The Hall–Kier alpha value is -6.13. The van der Waals surface area contributed by atoms with Gasteiger partial charge in [0.1, 0.15) is 5.78 Å². The number of methoxy groups -OCH3 is 2. The third-order valence-electron chi connectivity index (χ3n) is 14.0. The fourth-order valence-corrected chi connectivity index (χ4v) is 10.3. The number of hydrogen-bond acceptors (Lipinski definition) is 13. The van der Waals surface area contributed by atoms with Crippen molar-refractivity contribution in [3.05, 3.63) is 118 Å². The largest absolute Gasteiger partial charge is 0.493 e. The number of hydrogen-bond donors (Lipinski definition) is 2. The van der Waals surface area contributed by atoms with Crippen LogP contribution in [0.15, 0.2) is 94.0 Å². The van der Waals surface area contributed by atoms with Crippen LogP contribution in [-0.4, -0.2) is 115 Å². The van der Waals surface area contributed by atoms with E-state index in [4.69, 9.17) is 61.4 Å². The molecule has 2 unspecified atom stereocenters. The number of carbonyl (C=O) groups is 3. The van der Waals surface area contributed by atoms with Crippen LogP contribution in [0.4, 0.5) is 0 Å². The molecule has 0 aliphatic carbocycles. The lowest BCUT2D eigenvalue weighted by molar-refractivity contribution is -0.134. The molecule has 396 valence electrons. The number of piperidine rings is 2. The quantitative estimate of drug-likeness (QED) is 0.0430. The highest BCUT2D eigenvalue weighted by Gasteiger charge is 2.27. The molecule has 74 heavy (non-hydrogen) atoms. The zero-order chi connectivity index (χ0) is 52.6. The molecule has 0 radical (unpaired) electrons. The second-order valence-corrected chi connectivity index (χ2v) is 20.2. The van der Waals surface area contributed by atoms with Gasteiger partial charge in [-0.1, -0.05) is 59.5 Å². The molecule has 4 heterocycles. The normalized spacial score (nSPS) is 15.7. The van der Waals surface area contributed by atoms with Gasteiger partial charge in [0.25, 0.3) is 0 Å². The number of rotatable bonds is 24. The van der Waals surface area contributed by atoms with E-state index in [9.17, 15) is 14.4 Å². The van der Waals surface area contributed by atoms with Gasteiger partial charge in [0.05, 0.1) is 38.8 Å². The molecule has 2 atom stereocenters. The number of aliphatic carboxylic acids is 2. The first-order valence-electron chi connectivity index (χ1n) is 25.6. The Bertz CT molecular complexity index is 2640. The second-order valence-electron chi connectivity index (χ2n) is 19.4. The summed E-state index contributed by atoms with van der Waals surface area (Å²) in [6, 6.07) is 23.6. The number of carboxylic acid groups (broad SMARTS) is 2. The highest BCUT2D eigenvalue weighted by Crippen LogP contribution is 2.36. The summed E-state index contributed by atoms with van der Waals surface area (Å²) in [5.41, 5.74) is 5.74. The average molecular weight is 1060 g/mol. The van der Waals surface area contributed by atoms with E-state index >= 15 is 0 Å². The van der Waals surface area contributed by atoms with Crippen molar-refractivity contribution in [2.24, 2.45) is 11.8 Å².